The van der Waals surface area contributed by atoms with Gasteiger partial charge >= 0.3 is 0 Å². The predicted molar refractivity (Wildman–Crippen MR) is 117 cm³/mol. The Morgan fingerprint density at radius 2 is 1.75 bits per heavy atom. The summed E-state index contributed by atoms with van der Waals surface area (Å²) in [6, 6.07) is 11.2. The van der Waals surface area contributed by atoms with Crippen molar-refractivity contribution in [3.05, 3.63) is 69.8 Å². The number of sulfonamides is 1. The number of fused-ring (bicyclic) bond motifs is 1. The highest BCUT2D eigenvalue weighted by atomic mass is 32.2. The first-order valence-corrected chi connectivity index (χ1v) is 12.4. The quantitative estimate of drug-likeness (QED) is 0.510. The molecule has 0 bridgehead atoms. The van der Waals surface area contributed by atoms with Crippen molar-refractivity contribution in [3.63, 3.8) is 0 Å². The molecule has 170 valence electrons. The normalized spacial score (nSPS) is 26.9. The first-order valence-electron chi connectivity index (χ1n) is 11.0. The van der Waals surface area contributed by atoms with E-state index in [1.165, 1.54) is 4.31 Å². The number of nitrogens with zero attached hydrogens (tertiary/aromatic N) is 2. The lowest BCUT2D eigenvalue weighted by molar-refractivity contribution is -0.533. The molecule has 2 aromatic carbocycles. The molecular formula is C23H26N2O6S. The molecule has 2 aliphatic heterocycles. The van der Waals surface area contributed by atoms with Gasteiger partial charge in [-0.2, -0.15) is 0 Å². The summed E-state index contributed by atoms with van der Waals surface area (Å²) >= 11 is 0. The third-order valence-electron chi connectivity index (χ3n) is 6.94. The molecule has 0 N–H and O–H groups in total. The molecule has 9 heteroatoms. The lowest BCUT2D eigenvalue weighted by Gasteiger charge is -2.44. The molecule has 3 atom stereocenters. The fourth-order valence-electron chi connectivity index (χ4n) is 5.55. The maximum Gasteiger partial charge on any atom is 0.264 e. The molecule has 32 heavy (non-hydrogen) atoms. The number of aryl methyl sites for hydroxylation is 1. The highest BCUT2D eigenvalue weighted by molar-refractivity contribution is 7.92. The topological polar surface area (TPSA) is 99.0 Å². The van der Waals surface area contributed by atoms with Crippen LogP contribution in [0, 0.1) is 23.0 Å². The Bertz CT molecular complexity index is 1130. The summed E-state index contributed by atoms with van der Waals surface area (Å²) in [5, 5.41) is 12.4. The van der Waals surface area contributed by atoms with Crippen molar-refractivity contribution >= 4 is 15.7 Å². The number of hydrogen-bond acceptors (Lipinski definition) is 6. The number of benzene rings is 2. The van der Waals surface area contributed by atoms with E-state index in [0.29, 0.717) is 37.3 Å². The summed E-state index contributed by atoms with van der Waals surface area (Å²) in [6.45, 7) is 2.70. The van der Waals surface area contributed by atoms with E-state index in [-0.39, 0.29) is 9.82 Å². The minimum absolute atomic E-state index is 0.116. The number of nitro groups is 1. The zero-order valence-electron chi connectivity index (χ0n) is 17.8. The maximum atomic E-state index is 14.0. The smallest absolute Gasteiger partial charge is 0.264 e. The first kappa shape index (κ1) is 21.4. The average molecular weight is 459 g/mol. The largest absolute Gasteiger partial charge is 0.347 e. The molecule has 0 radical (unpaired) electrons. The van der Waals surface area contributed by atoms with Crippen molar-refractivity contribution < 1.29 is 22.8 Å². The van der Waals surface area contributed by atoms with E-state index >= 15 is 0 Å². The zero-order chi connectivity index (χ0) is 22.5. The summed E-state index contributed by atoms with van der Waals surface area (Å²) in [6.07, 6.45) is 2.93. The van der Waals surface area contributed by atoms with E-state index in [1.54, 1.807) is 48.5 Å². The van der Waals surface area contributed by atoms with Gasteiger partial charge in [-0.15, -0.1) is 0 Å². The number of anilines is 1. The Morgan fingerprint density at radius 3 is 2.44 bits per heavy atom. The Morgan fingerprint density at radius 1 is 1.06 bits per heavy atom. The second kappa shape index (κ2) is 7.83. The third kappa shape index (κ3) is 3.22. The molecule has 8 nitrogen and oxygen atoms in total. The number of ether oxygens (including phenoxy) is 2. The Kier molecular flexibility index (Phi) is 5.22. The average Bonchev–Trinajstić information content (AvgIpc) is 3.37. The van der Waals surface area contributed by atoms with Crippen LogP contribution in [0.5, 0.6) is 0 Å². The summed E-state index contributed by atoms with van der Waals surface area (Å²) in [5.41, 5.74) is 1.71. The van der Waals surface area contributed by atoms with Crippen LogP contribution in [0.3, 0.4) is 0 Å². The summed E-state index contributed by atoms with van der Waals surface area (Å²) in [5.74, 6) is -1.44. The van der Waals surface area contributed by atoms with Crippen molar-refractivity contribution in [3.8, 4) is 0 Å². The highest BCUT2D eigenvalue weighted by Gasteiger charge is 2.61. The van der Waals surface area contributed by atoms with Gasteiger partial charge < -0.3 is 9.47 Å². The number of para-hydroxylation sites is 1. The first-order chi connectivity index (χ1) is 15.3. The van der Waals surface area contributed by atoms with E-state index in [4.69, 9.17) is 9.47 Å². The van der Waals surface area contributed by atoms with Crippen LogP contribution in [0.1, 0.15) is 42.9 Å². The van der Waals surface area contributed by atoms with E-state index in [1.807, 2.05) is 6.92 Å². The molecule has 5 rings (SSSR count). The van der Waals surface area contributed by atoms with E-state index in [0.717, 1.165) is 18.4 Å². The number of rotatable bonds is 4. The fourth-order valence-corrected chi connectivity index (χ4v) is 7.26. The van der Waals surface area contributed by atoms with Gasteiger partial charge in [0.25, 0.3) is 16.1 Å². The van der Waals surface area contributed by atoms with Gasteiger partial charge in [-0.1, -0.05) is 36.2 Å². The second-order valence-corrected chi connectivity index (χ2v) is 10.6. The molecule has 1 saturated heterocycles. The van der Waals surface area contributed by atoms with Crippen LogP contribution in [0.25, 0.3) is 0 Å². The Labute approximate surface area is 187 Å². The van der Waals surface area contributed by atoms with Gasteiger partial charge in [0.2, 0.25) is 0 Å². The van der Waals surface area contributed by atoms with Crippen LogP contribution in [-0.4, -0.2) is 38.4 Å². The van der Waals surface area contributed by atoms with Crippen LogP contribution in [0.4, 0.5) is 5.69 Å². The van der Waals surface area contributed by atoms with Gasteiger partial charge in [0, 0.05) is 17.3 Å². The minimum atomic E-state index is -4.06. The van der Waals surface area contributed by atoms with Gasteiger partial charge in [-0.3, -0.25) is 14.4 Å². The molecule has 0 aromatic heterocycles. The maximum absolute atomic E-state index is 14.0. The number of hydrogen-bond donors (Lipinski definition) is 0. The Balaban J connectivity index is 1.70. The van der Waals surface area contributed by atoms with Gasteiger partial charge in [-0.25, -0.2) is 8.42 Å². The van der Waals surface area contributed by atoms with Crippen LogP contribution < -0.4 is 4.31 Å². The summed E-state index contributed by atoms with van der Waals surface area (Å²) in [4.78, 5) is 12.1. The van der Waals surface area contributed by atoms with E-state index < -0.39 is 33.8 Å². The molecule has 2 fully saturated rings. The van der Waals surface area contributed by atoms with Crippen molar-refractivity contribution in [1.82, 2.24) is 0 Å². The van der Waals surface area contributed by atoms with Crippen molar-refractivity contribution in [1.29, 1.82) is 0 Å². The Hall–Kier alpha value is -2.49. The van der Waals surface area contributed by atoms with Gasteiger partial charge in [0.05, 0.1) is 29.4 Å². The van der Waals surface area contributed by atoms with Crippen molar-refractivity contribution in [2.45, 2.75) is 55.4 Å². The molecule has 0 unspecified atom stereocenters. The zero-order valence-corrected chi connectivity index (χ0v) is 18.7. The molecule has 3 aliphatic rings. The highest BCUT2D eigenvalue weighted by Crippen LogP contribution is 2.53. The molecule has 2 heterocycles. The monoisotopic (exact) mass is 458 g/mol. The fraction of sp³-hybridized carbons (Fsp3) is 0.478. The standard InChI is InChI=1S/C23H26N2O6S/c1-16-9-11-17(12-10-16)32(28,29)24-20-8-3-2-6-18(20)21(25(26)27)22(24)19-7-4-5-13-23(19)30-14-15-31-23/h2-3,6,8-12,19,21-22H,4-5,7,13-15H2,1H3/t19-,21-,22+/m0/s1. The van der Waals surface area contributed by atoms with Gasteiger partial charge in [-0.05, 0) is 44.0 Å². The molecule has 1 saturated carbocycles. The van der Waals surface area contributed by atoms with E-state index in [9.17, 15) is 18.5 Å². The molecule has 1 aliphatic carbocycles. The van der Waals surface area contributed by atoms with Gasteiger partial charge in [0.1, 0.15) is 6.04 Å². The predicted octanol–water partition coefficient (Wildman–Crippen LogP) is 3.82. The van der Waals surface area contributed by atoms with Crippen LogP contribution >= 0.6 is 0 Å². The summed E-state index contributed by atoms with van der Waals surface area (Å²) < 4.78 is 41.3. The van der Waals surface area contributed by atoms with Crippen LogP contribution in [0.15, 0.2) is 53.4 Å². The molecule has 1 spiro atoms. The molecule has 0 amide bonds. The SMILES string of the molecule is Cc1ccc(S(=O)(=O)N2c3ccccc3[C@H]([N+](=O)[O-])[C@H]2[C@@H]2CCCCC23OCCO3)cc1. The minimum Gasteiger partial charge on any atom is -0.347 e. The van der Waals surface area contributed by atoms with Gasteiger partial charge in [0.15, 0.2) is 5.79 Å². The van der Waals surface area contributed by atoms with Crippen LogP contribution in [0.2, 0.25) is 0 Å². The second-order valence-electron chi connectivity index (χ2n) is 8.75. The lowest BCUT2D eigenvalue weighted by Crippen LogP contribution is -2.55. The van der Waals surface area contributed by atoms with Crippen molar-refractivity contribution in [2.75, 3.05) is 17.5 Å². The lowest BCUT2D eigenvalue weighted by atomic mass is 9.76. The van der Waals surface area contributed by atoms with Crippen molar-refractivity contribution in [2.24, 2.45) is 5.92 Å². The molecule has 2 aromatic rings. The molecular weight excluding hydrogens is 432 g/mol. The van der Waals surface area contributed by atoms with Crippen LogP contribution in [-0.2, 0) is 19.5 Å². The van der Waals surface area contributed by atoms with E-state index in [2.05, 4.69) is 0 Å². The third-order valence-corrected chi connectivity index (χ3v) is 8.76. The summed E-state index contributed by atoms with van der Waals surface area (Å²) in [7, 11) is -4.06.